The van der Waals surface area contributed by atoms with E-state index in [4.69, 9.17) is 15.1 Å². The summed E-state index contributed by atoms with van der Waals surface area (Å²) in [4.78, 5) is 14.2. The average molecular weight is 378 g/mol. The third-order valence-electron chi connectivity index (χ3n) is 6.23. The van der Waals surface area contributed by atoms with Gasteiger partial charge in [-0.05, 0) is 69.5 Å². The van der Waals surface area contributed by atoms with E-state index >= 15 is 0 Å². The molecular formula is C21H26N6O. The Hall–Kier alpha value is -2.67. The molecule has 0 spiro atoms. The zero-order valence-electron chi connectivity index (χ0n) is 16.6. The van der Waals surface area contributed by atoms with Crippen LogP contribution in [0.15, 0.2) is 24.4 Å². The number of phenolic OH excluding ortho intramolecular Hbond substituents is 1. The molecule has 2 atom stereocenters. The fourth-order valence-corrected chi connectivity index (χ4v) is 4.85. The second-order valence-electron chi connectivity index (χ2n) is 8.31. The highest BCUT2D eigenvalue weighted by atomic mass is 16.3. The third kappa shape index (κ3) is 2.81. The Bertz CT molecular complexity index is 1020. The molecule has 2 saturated heterocycles. The van der Waals surface area contributed by atoms with Crippen molar-refractivity contribution < 1.29 is 5.11 Å². The van der Waals surface area contributed by atoms with Crippen molar-refractivity contribution in [1.82, 2.24) is 24.5 Å². The first-order valence-corrected chi connectivity index (χ1v) is 9.99. The first-order chi connectivity index (χ1) is 13.5. The summed E-state index contributed by atoms with van der Waals surface area (Å²) in [6.07, 6.45) is 4.34. The van der Waals surface area contributed by atoms with Gasteiger partial charge >= 0.3 is 0 Å². The molecule has 3 aromatic rings. The van der Waals surface area contributed by atoms with Crippen molar-refractivity contribution in [2.45, 2.75) is 32.7 Å². The second-order valence-corrected chi connectivity index (χ2v) is 8.31. The van der Waals surface area contributed by atoms with Crippen molar-refractivity contribution in [3.63, 3.8) is 0 Å². The predicted octanol–water partition coefficient (Wildman–Crippen LogP) is 2.64. The van der Waals surface area contributed by atoms with Gasteiger partial charge in [-0.15, -0.1) is 5.10 Å². The van der Waals surface area contributed by atoms with Gasteiger partial charge in [0, 0.05) is 30.9 Å². The summed E-state index contributed by atoms with van der Waals surface area (Å²) in [5.74, 6) is 2.32. The molecule has 28 heavy (non-hydrogen) atoms. The minimum atomic E-state index is 0.252. The SMILES string of the molecule is Cc1cc(C)c(-c2ccn3nc(N4CC[C@H]5CCN(C)C[C@H]54)nc3n2)c(O)c1. The van der Waals surface area contributed by atoms with Crippen molar-refractivity contribution in [1.29, 1.82) is 0 Å². The smallest absolute Gasteiger partial charge is 0.254 e. The van der Waals surface area contributed by atoms with Crippen LogP contribution in [0.1, 0.15) is 24.0 Å². The quantitative estimate of drug-likeness (QED) is 0.739. The number of phenols is 1. The van der Waals surface area contributed by atoms with Gasteiger partial charge in [-0.3, -0.25) is 0 Å². The molecule has 2 aromatic heterocycles. The highest BCUT2D eigenvalue weighted by molar-refractivity contribution is 5.72. The molecule has 0 saturated carbocycles. The van der Waals surface area contributed by atoms with E-state index in [1.165, 1.54) is 19.4 Å². The summed E-state index contributed by atoms with van der Waals surface area (Å²) in [5.41, 5.74) is 3.51. The standard InChI is InChI=1S/C21H26N6O/c1-13-10-14(2)19(18(28)11-13)16-6-9-27-20(22-16)23-21(24-27)26-8-5-15-4-7-25(3)12-17(15)26/h6,9-11,15,17,28H,4-5,7-8,12H2,1-3H3/t15-,17-/m1/s1. The summed E-state index contributed by atoms with van der Waals surface area (Å²) >= 11 is 0. The molecule has 0 amide bonds. The minimum Gasteiger partial charge on any atom is -0.507 e. The first-order valence-electron chi connectivity index (χ1n) is 9.99. The molecule has 1 N–H and O–H groups in total. The summed E-state index contributed by atoms with van der Waals surface area (Å²) < 4.78 is 1.74. The molecule has 2 aliphatic heterocycles. The number of likely N-dealkylation sites (N-methyl/N-ethyl adjacent to an activating group) is 1. The number of nitrogens with zero attached hydrogens (tertiary/aromatic N) is 6. The van der Waals surface area contributed by atoms with E-state index in [0.29, 0.717) is 11.8 Å². The van der Waals surface area contributed by atoms with Gasteiger partial charge in [0.15, 0.2) is 0 Å². The number of aromatic hydroxyl groups is 1. The van der Waals surface area contributed by atoms with Gasteiger partial charge in [0.25, 0.3) is 5.78 Å². The number of piperidine rings is 1. The molecule has 0 radical (unpaired) electrons. The first kappa shape index (κ1) is 17.4. The lowest BCUT2D eigenvalue weighted by Crippen LogP contribution is -2.47. The van der Waals surface area contributed by atoms with Gasteiger partial charge < -0.3 is 14.9 Å². The summed E-state index contributed by atoms with van der Waals surface area (Å²) in [6, 6.07) is 6.20. The van der Waals surface area contributed by atoms with Crippen LogP contribution in [0.2, 0.25) is 0 Å². The molecule has 2 aliphatic rings. The van der Waals surface area contributed by atoms with E-state index < -0.39 is 0 Å². The van der Waals surface area contributed by atoms with Crippen molar-refractivity contribution in [2.24, 2.45) is 5.92 Å². The summed E-state index contributed by atoms with van der Waals surface area (Å²) in [5, 5.41) is 15.1. The van der Waals surface area contributed by atoms with Crippen LogP contribution in [0.3, 0.4) is 0 Å². The van der Waals surface area contributed by atoms with Crippen molar-refractivity contribution in [3.05, 3.63) is 35.5 Å². The van der Waals surface area contributed by atoms with Crippen molar-refractivity contribution in [3.8, 4) is 17.0 Å². The highest BCUT2D eigenvalue weighted by Gasteiger charge is 2.39. The minimum absolute atomic E-state index is 0.252. The normalized spacial score (nSPS) is 22.8. The zero-order chi connectivity index (χ0) is 19.4. The van der Waals surface area contributed by atoms with Crippen LogP contribution in [0.25, 0.3) is 17.0 Å². The van der Waals surface area contributed by atoms with Crippen LogP contribution in [0, 0.1) is 19.8 Å². The van der Waals surface area contributed by atoms with Gasteiger partial charge in [-0.25, -0.2) is 9.50 Å². The van der Waals surface area contributed by atoms with Crippen LogP contribution in [0.5, 0.6) is 5.75 Å². The Labute approximate surface area is 164 Å². The Kier molecular flexibility index (Phi) is 4.01. The number of rotatable bonds is 2. The summed E-state index contributed by atoms with van der Waals surface area (Å²) in [7, 11) is 2.19. The van der Waals surface area contributed by atoms with Crippen LogP contribution in [-0.2, 0) is 0 Å². The lowest BCUT2D eigenvalue weighted by atomic mass is 9.92. The average Bonchev–Trinajstić information content (AvgIpc) is 3.23. The highest BCUT2D eigenvalue weighted by Crippen LogP contribution is 2.35. The van der Waals surface area contributed by atoms with Crippen molar-refractivity contribution >= 4 is 11.7 Å². The molecule has 2 fully saturated rings. The number of likely N-dealkylation sites (tertiary alicyclic amines) is 1. The maximum Gasteiger partial charge on any atom is 0.254 e. The number of aryl methyl sites for hydroxylation is 2. The van der Waals surface area contributed by atoms with Crippen LogP contribution >= 0.6 is 0 Å². The lowest BCUT2D eigenvalue weighted by molar-refractivity contribution is 0.207. The molecule has 0 unspecified atom stereocenters. The monoisotopic (exact) mass is 378 g/mol. The fraction of sp³-hybridized carbons (Fsp3) is 0.476. The van der Waals surface area contributed by atoms with E-state index in [-0.39, 0.29) is 5.75 Å². The maximum atomic E-state index is 10.4. The number of hydrogen-bond acceptors (Lipinski definition) is 6. The largest absolute Gasteiger partial charge is 0.507 e. The number of benzene rings is 1. The second kappa shape index (κ2) is 6.44. The van der Waals surface area contributed by atoms with Gasteiger partial charge in [0.05, 0.1) is 5.69 Å². The third-order valence-corrected chi connectivity index (χ3v) is 6.23. The van der Waals surface area contributed by atoms with Crippen molar-refractivity contribution in [2.75, 3.05) is 31.6 Å². The number of fused-ring (bicyclic) bond motifs is 2. The Morgan fingerprint density at radius 2 is 1.93 bits per heavy atom. The topological polar surface area (TPSA) is 69.8 Å². The maximum absolute atomic E-state index is 10.4. The fourth-order valence-electron chi connectivity index (χ4n) is 4.85. The van der Waals surface area contributed by atoms with Gasteiger partial charge in [0.2, 0.25) is 5.95 Å². The predicted molar refractivity (Wildman–Crippen MR) is 109 cm³/mol. The van der Waals surface area contributed by atoms with E-state index in [9.17, 15) is 5.11 Å². The molecule has 1 aromatic carbocycles. The molecule has 4 heterocycles. The van der Waals surface area contributed by atoms with Gasteiger partial charge in [-0.2, -0.15) is 4.98 Å². The zero-order valence-corrected chi connectivity index (χ0v) is 16.6. The Morgan fingerprint density at radius 3 is 2.75 bits per heavy atom. The molecular weight excluding hydrogens is 352 g/mol. The van der Waals surface area contributed by atoms with E-state index in [1.54, 1.807) is 10.6 Å². The van der Waals surface area contributed by atoms with Gasteiger partial charge in [-0.1, -0.05) is 6.07 Å². The molecule has 0 aliphatic carbocycles. The van der Waals surface area contributed by atoms with E-state index in [0.717, 1.165) is 47.3 Å². The van der Waals surface area contributed by atoms with Gasteiger partial charge in [0.1, 0.15) is 5.75 Å². The molecule has 146 valence electrons. The molecule has 7 heteroatoms. The molecule has 5 rings (SSSR count). The molecule has 0 bridgehead atoms. The van der Waals surface area contributed by atoms with Crippen LogP contribution < -0.4 is 4.90 Å². The molecule has 7 nitrogen and oxygen atoms in total. The van der Waals surface area contributed by atoms with Crippen LogP contribution in [-0.4, -0.2) is 62.3 Å². The Balaban J connectivity index is 1.51. The van der Waals surface area contributed by atoms with E-state index in [1.807, 2.05) is 26.1 Å². The van der Waals surface area contributed by atoms with Crippen LogP contribution in [0.4, 0.5) is 5.95 Å². The van der Waals surface area contributed by atoms with E-state index in [2.05, 4.69) is 22.9 Å². The number of anilines is 1. The lowest BCUT2D eigenvalue weighted by Gasteiger charge is -2.36. The summed E-state index contributed by atoms with van der Waals surface area (Å²) in [6.45, 7) is 7.22. The number of hydrogen-bond donors (Lipinski definition) is 1. The number of aromatic nitrogens is 4. The Morgan fingerprint density at radius 1 is 1.11 bits per heavy atom.